The van der Waals surface area contributed by atoms with Crippen molar-refractivity contribution < 1.29 is 9.90 Å². The van der Waals surface area contributed by atoms with Crippen LogP contribution in [0.3, 0.4) is 0 Å². The lowest BCUT2D eigenvalue weighted by Gasteiger charge is -2.20. The predicted molar refractivity (Wildman–Crippen MR) is 85.1 cm³/mol. The fourth-order valence-corrected chi connectivity index (χ4v) is 1.74. The first-order valence-corrected chi connectivity index (χ1v) is 7.23. The third-order valence-electron chi connectivity index (χ3n) is 3.31. The number of hydrogen-bond acceptors (Lipinski definition) is 3. The molecule has 0 atom stereocenters. The second kappa shape index (κ2) is 9.17. The van der Waals surface area contributed by atoms with Gasteiger partial charge in [-0.05, 0) is 58.1 Å². The van der Waals surface area contributed by atoms with Gasteiger partial charge in [0.25, 0.3) is 5.91 Å². The lowest BCUT2D eigenvalue weighted by Crippen LogP contribution is -2.31. The number of aliphatic hydroxyl groups excluding tert-OH is 1. The van der Waals surface area contributed by atoms with Crippen molar-refractivity contribution in [2.75, 3.05) is 26.7 Å². The molecule has 0 aliphatic rings. The van der Waals surface area contributed by atoms with E-state index in [4.69, 9.17) is 5.11 Å². The molecule has 2 N–H and O–H groups in total. The van der Waals surface area contributed by atoms with Gasteiger partial charge in [-0.25, -0.2) is 0 Å². The smallest absolute Gasteiger partial charge is 0.251 e. The second-order valence-corrected chi connectivity index (χ2v) is 5.22. The Morgan fingerprint density at radius 1 is 1.33 bits per heavy atom. The normalized spacial score (nSPS) is 10.4. The molecule has 0 saturated carbocycles. The van der Waals surface area contributed by atoms with Gasteiger partial charge in [-0.1, -0.05) is 11.8 Å². The summed E-state index contributed by atoms with van der Waals surface area (Å²) >= 11 is 0. The Bertz CT molecular complexity index is 498. The molecule has 1 aromatic carbocycles. The number of nitrogens with zero attached hydrogens (tertiary/aromatic N) is 1. The van der Waals surface area contributed by atoms with Crippen LogP contribution < -0.4 is 5.32 Å². The summed E-state index contributed by atoms with van der Waals surface area (Å²) in [5.41, 5.74) is 1.42. The Labute approximate surface area is 127 Å². The number of aliphatic hydroxyl groups is 1. The van der Waals surface area contributed by atoms with Crippen LogP contribution in [0.4, 0.5) is 0 Å². The summed E-state index contributed by atoms with van der Waals surface area (Å²) in [6, 6.07) is 7.58. The number of rotatable bonds is 6. The lowest BCUT2D eigenvalue weighted by atomic mass is 10.1. The quantitative estimate of drug-likeness (QED) is 0.616. The summed E-state index contributed by atoms with van der Waals surface area (Å²) < 4.78 is 0. The SMILES string of the molecule is CC(C)N(C)CCCNC(=O)c1ccc(C#CCO)cc1. The van der Waals surface area contributed by atoms with Gasteiger partial charge in [0.1, 0.15) is 6.61 Å². The zero-order valence-electron chi connectivity index (χ0n) is 13.0. The van der Waals surface area contributed by atoms with E-state index in [9.17, 15) is 4.79 Å². The Hall–Kier alpha value is -1.83. The van der Waals surface area contributed by atoms with Gasteiger partial charge in [0.15, 0.2) is 0 Å². The van der Waals surface area contributed by atoms with Crippen molar-refractivity contribution in [2.45, 2.75) is 26.3 Å². The number of amides is 1. The van der Waals surface area contributed by atoms with Crippen LogP contribution >= 0.6 is 0 Å². The van der Waals surface area contributed by atoms with Gasteiger partial charge in [0.05, 0.1) is 0 Å². The highest BCUT2D eigenvalue weighted by atomic mass is 16.2. The Balaban J connectivity index is 2.38. The summed E-state index contributed by atoms with van der Waals surface area (Å²) in [7, 11) is 2.08. The highest BCUT2D eigenvalue weighted by Gasteiger charge is 2.05. The van der Waals surface area contributed by atoms with Gasteiger partial charge in [-0.2, -0.15) is 0 Å². The molecular weight excluding hydrogens is 264 g/mol. The van der Waals surface area contributed by atoms with Gasteiger partial charge in [-0.3, -0.25) is 4.79 Å². The van der Waals surface area contributed by atoms with Gasteiger partial charge < -0.3 is 15.3 Å². The first-order valence-electron chi connectivity index (χ1n) is 7.23. The molecule has 21 heavy (non-hydrogen) atoms. The molecule has 0 heterocycles. The fraction of sp³-hybridized carbons (Fsp3) is 0.471. The average Bonchev–Trinajstić information content (AvgIpc) is 2.49. The summed E-state index contributed by atoms with van der Waals surface area (Å²) in [5, 5.41) is 11.5. The number of carbonyl (C=O) groups excluding carboxylic acids is 1. The van der Waals surface area contributed by atoms with Crippen molar-refractivity contribution in [2.24, 2.45) is 0 Å². The maximum Gasteiger partial charge on any atom is 0.251 e. The van der Waals surface area contributed by atoms with Crippen LogP contribution in [-0.4, -0.2) is 48.7 Å². The molecule has 0 aliphatic carbocycles. The number of carbonyl (C=O) groups is 1. The maximum absolute atomic E-state index is 11.9. The first-order chi connectivity index (χ1) is 10.0. The van der Waals surface area contributed by atoms with Crippen molar-refractivity contribution in [3.63, 3.8) is 0 Å². The number of nitrogens with one attached hydrogen (secondary N) is 1. The van der Waals surface area contributed by atoms with E-state index in [1.54, 1.807) is 24.3 Å². The molecule has 4 heteroatoms. The molecule has 1 amide bonds. The third kappa shape index (κ3) is 6.44. The predicted octanol–water partition coefficient (Wildman–Crippen LogP) is 1.49. The molecule has 1 rings (SSSR count). The molecule has 0 aliphatic heterocycles. The molecule has 0 unspecified atom stereocenters. The molecule has 4 nitrogen and oxygen atoms in total. The number of benzene rings is 1. The molecule has 114 valence electrons. The summed E-state index contributed by atoms with van der Waals surface area (Å²) in [6.07, 6.45) is 0.931. The van der Waals surface area contributed by atoms with Crippen molar-refractivity contribution in [1.29, 1.82) is 0 Å². The van der Waals surface area contributed by atoms with E-state index in [1.165, 1.54) is 0 Å². The first kappa shape index (κ1) is 17.2. The largest absolute Gasteiger partial charge is 0.384 e. The van der Waals surface area contributed by atoms with Crippen LogP contribution in [0, 0.1) is 11.8 Å². The minimum absolute atomic E-state index is 0.0659. The van der Waals surface area contributed by atoms with Crippen LogP contribution in [0.1, 0.15) is 36.2 Å². The molecule has 0 saturated heterocycles. The van der Waals surface area contributed by atoms with Crippen molar-refractivity contribution in [3.05, 3.63) is 35.4 Å². The Morgan fingerprint density at radius 3 is 2.57 bits per heavy atom. The van der Waals surface area contributed by atoms with E-state index in [1.807, 2.05) is 0 Å². The standard InChI is InChI=1S/C17H24N2O2/c1-14(2)19(3)12-5-11-18-17(21)16-9-7-15(8-10-16)6-4-13-20/h7-10,14,20H,5,11-13H2,1-3H3,(H,18,21). The van der Waals surface area contributed by atoms with Gasteiger partial charge in [-0.15, -0.1) is 0 Å². The summed E-state index contributed by atoms with van der Waals surface area (Å²) in [5.74, 6) is 5.31. The summed E-state index contributed by atoms with van der Waals surface area (Å²) in [4.78, 5) is 14.2. The Kier molecular flexibility index (Phi) is 7.52. The molecule has 0 spiro atoms. The van der Waals surface area contributed by atoms with Gasteiger partial charge in [0, 0.05) is 23.7 Å². The van der Waals surface area contributed by atoms with Gasteiger partial charge in [0.2, 0.25) is 0 Å². The van der Waals surface area contributed by atoms with Crippen LogP contribution in [-0.2, 0) is 0 Å². The van der Waals surface area contributed by atoms with E-state index in [0.29, 0.717) is 18.2 Å². The maximum atomic E-state index is 11.9. The highest BCUT2D eigenvalue weighted by molar-refractivity contribution is 5.94. The second-order valence-electron chi connectivity index (χ2n) is 5.22. The zero-order valence-corrected chi connectivity index (χ0v) is 13.0. The summed E-state index contributed by atoms with van der Waals surface area (Å²) in [6.45, 7) is 5.78. The topological polar surface area (TPSA) is 52.6 Å². The molecule has 0 bridgehead atoms. The van der Waals surface area contributed by atoms with Crippen LogP contribution in [0.5, 0.6) is 0 Å². The van der Waals surface area contributed by atoms with Crippen molar-refractivity contribution in [3.8, 4) is 11.8 Å². The van der Waals surface area contributed by atoms with Gasteiger partial charge >= 0.3 is 0 Å². The van der Waals surface area contributed by atoms with Crippen LogP contribution in [0.25, 0.3) is 0 Å². The Morgan fingerprint density at radius 2 is 2.00 bits per heavy atom. The zero-order chi connectivity index (χ0) is 15.7. The molecule has 0 fully saturated rings. The minimum Gasteiger partial charge on any atom is -0.384 e. The molecule has 0 aromatic heterocycles. The lowest BCUT2D eigenvalue weighted by molar-refractivity contribution is 0.0951. The fourth-order valence-electron chi connectivity index (χ4n) is 1.74. The minimum atomic E-state index is -0.160. The van der Waals surface area contributed by atoms with Crippen molar-refractivity contribution >= 4 is 5.91 Å². The van der Waals surface area contributed by atoms with Crippen molar-refractivity contribution in [1.82, 2.24) is 10.2 Å². The van der Waals surface area contributed by atoms with E-state index in [-0.39, 0.29) is 12.5 Å². The monoisotopic (exact) mass is 288 g/mol. The molecular formula is C17H24N2O2. The van der Waals surface area contributed by atoms with Crippen LogP contribution in [0.15, 0.2) is 24.3 Å². The van der Waals surface area contributed by atoms with E-state index in [0.717, 1.165) is 18.5 Å². The average molecular weight is 288 g/mol. The molecule has 0 radical (unpaired) electrons. The van der Waals surface area contributed by atoms with E-state index in [2.05, 4.69) is 43.0 Å². The van der Waals surface area contributed by atoms with E-state index >= 15 is 0 Å². The highest BCUT2D eigenvalue weighted by Crippen LogP contribution is 2.03. The molecule has 1 aromatic rings. The number of hydrogen-bond donors (Lipinski definition) is 2. The third-order valence-corrected chi connectivity index (χ3v) is 3.31. The van der Waals surface area contributed by atoms with E-state index < -0.39 is 0 Å². The van der Waals surface area contributed by atoms with Crippen LogP contribution in [0.2, 0.25) is 0 Å².